The average Bonchev–Trinajstić information content (AvgIpc) is 2.79. The van der Waals surface area contributed by atoms with Gasteiger partial charge in [0.2, 0.25) is 0 Å². The maximum atomic E-state index is 11.7. The largest absolute Gasteiger partial charge is 0.484 e. The molecule has 0 bridgehead atoms. The molecule has 0 atom stereocenters. The van der Waals surface area contributed by atoms with Gasteiger partial charge in [0.05, 0.1) is 5.69 Å². The number of anilines is 1. The third kappa shape index (κ3) is 3.38. The molecule has 0 radical (unpaired) electrons. The zero-order valence-electron chi connectivity index (χ0n) is 10.8. The molecule has 1 aromatic heterocycles. The third-order valence-corrected chi connectivity index (χ3v) is 2.55. The van der Waals surface area contributed by atoms with Gasteiger partial charge >= 0.3 is 5.97 Å². The lowest BCUT2D eigenvalue weighted by atomic mass is 10.3. The van der Waals surface area contributed by atoms with Crippen molar-refractivity contribution >= 4 is 17.6 Å². The highest BCUT2D eigenvalue weighted by molar-refractivity contribution is 6.00. The first-order valence-electron chi connectivity index (χ1n) is 5.97. The monoisotopic (exact) mass is 274 g/mol. The number of benzene rings is 1. The van der Waals surface area contributed by atoms with Gasteiger partial charge in [-0.3, -0.25) is 4.79 Å². The first-order chi connectivity index (χ1) is 9.56. The summed E-state index contributed by atoms with van der Waals surface area (Å²) in [6, 6.07) is 10.5. The van der Waals surface area contributed by atoms with Crippen LogP contribution in [-0.4, -0.2) is 28.6 Å². The maximum Gasteiger partial charge on any atom is 0.354 e. The number of rotatable bonds is 5. The smallest absolute Gasteiger partial charge is 0.354 e. The molecule has 20 heavy (non-hydrogen) atoms. The molecule has 1 amide bonds. The fourth-order valence-corrected chi connectivity index (χ4v) is 1.71. The van der Waals surface area contributed by atoms with Gasteiger partial charge in [0, 0.05) is 5.69 Å². The Labute approximate surface area is 115 Å². The number of carboxylic acid groups (broad SMARTS) is 1. The summed E-state index contributed by atoms with van der Waals surface area (Å²) in [4.78, 5) is 25.4. The highest BCUT2D eigenvalue weighted by Crippen LogP contribution is 2.17. The molecule has 0 aliphatic carbocycles. The standard InChI is InChI=1S/C14H14N2O4/c1-9-7-11(13(15-9)14(18)19)16-12(17)8-20-10-5-3-2-4-6-10/h2-7,15H,8H2,1H3,(H,16,17)(H,18,19). The fraction of sp³-hybridized carbons (Fsp3) is 0.143. The molecule has 6 nitrogen and oxygen atoms in total. The summed E-state index contributed by atoms with van der Waals surface area (Å²) in [5.41, 5.74) is 0.842. The molecule has 1 heterocycles. The molecule has 2 rings (SSSR count). The Morgan fingerprint density at radius 3 is 2.65 bits per heavy atom. The fourth-order valence-electron chi connectivity index (χ4n) is 1.71. The molecule has 6 heteroatoms. The van der Waals surface area contributed by atoms with Crippen LogP contribution in [0.2, 0.25) is 0 Å². The van der Waals surface area contributed by atoms with E-state index in [1.54, 1.807) is 37.3 Å². The van der Waals surface area contributed by atoms with E-state index in [1.165, 1.54) is 0 Å². The molecule has 1 aromatic carbocycles. The number of aromatic amines is 1. The van der Waals surface area contributed by atoms with Gasteiger partial charge in [0.25, 0.3) is 5.91 Å². The number of aromatic nitrogens is 1. The van der Waals surface area contributed by atoms with Crippen molar-refractivity contribution in [2.75, 3.05) is 11.9 Å². The van der Waals surface area contributed by atoms with Crippen molar-refractivity contribution < 1.29 is 19.4 Å². The maximum absolute atomic E-state index is 11.7. The van der Waals surface area contributed by atoms with Crippen LogP contribution in [0.25, 0.3) is 0 Å². The van der Waals surface area contributed by atoms with Crippen molar-refractivity contribution in [3.63, 3.8) is 0 Å². The van der Waals surface area contributed by atoms with E-state index >= 15 is 0 Å². The predicted molar refractivity (Wildman–Crippen MR) is 73.1 cm³/mol. The molecule has 104 valence electrons. The molecule has 0 aliphatic heterocycles. The van der Waals surface area contributed by atoms with Crippen molar-refractivity contribution in [3.8, 4) is 5.75 Å². The Morgan fingerprint density at radius 1 is 1.30 bits per heavy atom. The van der Waals surface area contributed by atoms with Gasteiger partial charge in [-0.05, 0) is 25.1 Å². The number of amides is 1. The van der Waals surface area contributed by atoms with Crippen LogP contribution in [-0.2, 0) is 4.79 Å². The van der Waals surface area contributed by atoms with E-state index in [4.69, 9.17) is 9.84 Å². The third-order valence-electron chi connectivity index (χ3n) is 2.55. The van der Waals surface area contributed by atoms with Crippen LogP contribution in [0, 0.1) is 6.92 Å². The van der Waals surface area contributed by atoms with E-state index in [9.17, 15) is 9.59 Å². The van der Waals surface area contributed by atoms with Gasteiger partial charge in [0.1, 0.15) is 11.4 Å². The van der Waals surface area contributed by atoms with Gasteiger partial charge in [-0.25, -0.2) is 4.79 Å². The molecule has 0 unspecified atom stereocenters. The molecule has 0 saturated carbocycles. The molecule has 2 aromatic rings. The molecule has 0 aliphatic rings. The SMILES string of the molecule is Cc1cc(NC(=O)COc2ccccc2)c(C(=O)O)[nH]1. The van der Waals surface area contributed by atoms with E-state index in [2.05, 4.69) is 10.3 Å². The topological polar surface area (TPSA) is 91.4 Å². The van der Waals surface area contributed by atoms with Crippen LogP contribution in [0.5, 0.6) is 5.75 Å². The first-order valence-corrected chi connectivity index (χ1v) is 5.97. The minimum atomic E-state index is -1.13. The van der Waals surface area contributed by atoms with Crippen molar-refractivity contribution in [2.45, 2.75) is 6.92 Å². The molecule has 3 N–H and O–H groups in total. The molecular formula is C14H14N2O4. The van der Waals surface area contributed by atoms with E-state index in [0.29, 0.717) is 11.4 Å². The van der Waals surface area contributed by atoms with Gasteiger partial charge in [-0.1, -0.05) is 18.2 Å². The Morgan fingerprint density at radius 2 is 2.00 bits per heavy atom. The number of carbonyl (C=O) groups is 2. The summed E-state index contributed by atoms with van der Waals surface area (Å²) in [5.74, 6) is -0.973. The van der Waals surface area contributed by atoms with Crippen molar-refractivity contribution in [1.82, 2.24) is 4.98 Å². The number of hydrogen-bond donors (Lipinski definition) is 3. The number of para-hydroxylation sites is 1. The van der Waals surface area contributed by atoms with Crippen LogP contribution in [0.3, 0.4) is 0 Å². The van der Waals surface area contributed by atoms with Crippen LogP contribution >= 0.6 is 0 Å². The van der Waals surface area contributed by atoms with Gasteiger partial charge in [-0.15, -0.1) is 0 Å². The van der Waals surface area contributed by atoms with E-state index < -0.39 is 11.9 Å². The number of carbonyl (C=O) groups excluding carboxylic acids is 1. The normalized spacial score (nSPS) is 10.1. The lowest BCUT2D eigenvalue weighted by Gasteiger charge is -2.06. The number of nitrogens with one attached hydrogen (secondary N) is 2. The van der Waals surface area contributed by atoms with E-state index in [1.807, 2.05) is 6.07 Å². The summed E-state index contributed by atoms with van der Waals surface area (Å²) in [5, 5.41) is 11.5. The van der Waals surface area contributed by atoms with Crippen molar-refractivity contribution in [3.05, 3.63) is 47.8 Å². The number of carboxylic acids is 1. The molecule has 0 saturated heterocycles. The highest BCUT2D eigenvalue weighted by atomic mass is 16.5. The number of aromatic carboxylic acids is 1. The van der Waals surface area contributed by atoms with Gasteiger partial charge in [-0.2, -0.15) is 0 Å². The Bertz CT molecular complexity index is 619. The molecular weight excluding hydrogens is 260 g/mol. The quantitative estimate of drug-likeness (QED) is 0.778. The lowest BCUT2D eigenvalue weighted by Crippen LogP contribution is -2.21. The second kappa shape index (κ2) is 5.92. The summed E-state index contributed by atoms with van der Waals surface area (Å²) >= 11 is 0. The Kier molecular flexibility index (Phi) is 4.05. The van der Waals surface area contributed by atoms with Crippen molar-refractivity contribution in [2.24, 2.45) is 0 Å². The van der Waals surface area contributed by atoms with E-state index in [0.717, 1.165) is 0 Å². The number of hydrogen-bond acceptors (Lipinski definition) is 3. The molecule has 0 fully saturated rings. The summed E-state index contributed by atoms with van der Waals surface area (Å²) in [6.07, 6.45) is 0. The van der Waals surface area contributed by atoms with Crippen LogP contribution in [0.1, 0.15) is 16.2 Å². The predicted octanol–water partition coefficient (Wildman–Crippen LogP) is 2.04. The van der Waals surface area contributed by atoms with Crippen molar-refractivity contribution in [1.29, 1.82) is 0 Å². The molecule has 0 spiro atoms. The van der Waals surface area contributed by atoms with Crippen LogP contribution in [0.15, 0.2) is 36.4 Å². The summed E-state index contributed by atoms with van der Waals surface area (Å²) in [7, 11) is 0. The second-order valence-electron chi connectivity index (χ2n) is 4.20. The number of aryl methyl sites for hydroxylation is 1. The van der Waals surface area contributed by atoms with Gasteiger partial charge < -0.3 is 20.1 Å². The Hall–Kier alpha value is -2.76. The average molecular weight is 274 g/mol. The summed E-state index contributed by atoms with van der Waals surface area (Å²) < 4.78 is 5.28. The second-order valence-corrected chi connectivity index (χ2v) is 4.20. The first kappa shape index (κ1) is 13.7. The number of H-pyrrole nitrogens is 1. The van der Waals surface area contributed by atoms with Crippen LogP contribution in [0.4, 0.5) is 5.69 Å². The van der Waals surface area contributed by atoms with E-state index in [-0.39, 0.29) is 18.0 Å². The van der Waals surface area contributed by atoms with Gasteiger partial charge in [0.15, 0.2) is 6.61 Å². The van der Waals surface area contributed by atoms with Crippen LogP contribution < -0.4 is 10.1 Å². The Balaban J connectivity index is 1.96. The summed E-state index contributed by atoms with van der Waals surface area (Å²) in [6.45, 7) is 1.52. The zero-order valence-corrected chi connectivity index (χ0v) is 10.8. The number of ether oxygens (including phenoxy) is 1. The lowest BCUT2D eigenvalue weighted by molar-refractivity contribution is -0.118. The highest BCUT2D eigenvalue weighted by Gasteiger charge is 2.15. The zero-order chi connectivity index (χ0) is 14.5. The minimum absolute atomic E-state index is 0.0458. The minimum Gasteiger partial charge on any atom is -0.484 e.